The predicted octanol–water partition coefficient (Wildman–Crippen LogP) is 1.88. The van der Waals surface area contributed by atoms with Crippen molar-refractivity contribution in [1.29, 1.82) is 0 Å². The lowest BCUT2D eigenvalue weighted by Gasteiger charge is -1.97. The molecule has 0 unspecified atom stereocenters. The number of epoxide rings is 1. The van der Waals surface area contributed by atoms with Crippen LogP contribution < -0.4 is 0 Å². The summed E-state index contributed by atoms with van der Waals surface area (Å²) in [5.74, 6) is 0. The molecule has 1 saturated heterocycles. The smallest absolute Gasteiger partial charge is 0.113 e. The van der Waals surface area contributed by atoms with Gasteiger partial charge in [0, 0.05) is 4.47 Å². The first kappa shape index (κ1) is 8.23. The van der Waals surface area contributed by atoms with Crippen LogP contribution in [0.15, 0.2) is 28.7 Å². The van der Waals surface area contributed by atoms with E-state index >= 15 is 0 Å². The molecule has 1 heterocycles. The first-order valence-corrected chi connectivity index (χ1v) is 4.63. The van der Waals surface area contributed by atoms with E-state index in [0.717, 1.165) is 10.0 Å². The van der Waals surface area contributed by atoms with Gasteiger partial charge in [0.15, 0.2) is 0 Å². The summed E-state index contributed by atoms with van der Waals surface area (Å²) in [6, 6.07) is 7.91. The molecule has 1 fully saturated rings. The van der Waals surface area contributed by atoms with Gasteiger partial charge in [-0.15, -0.1) is 0 Å². The summed E-state index contributed by atoms with van der Waals surface area (Å²) in [6.45, 7) is 0.103. The molecule has 0 radical (unpaired) electrons. The largest absolute Gasteiger partial charge is 0.394 e. The minimum Gasteiger partial charge on any atom is -0.394 e. The van der Waals surface area contributed by atoms with E-state index in [4.69, 9.17) is 9.84 Å². The molecule has 0 spiro atoms. The fourth-order valence-electron chi connectivity index (χ4n) is 1.26. The molecule has 12 heavy (non-hydrogen) atoms. The lowest BCUT2D eigenvalue weighted by molar-refractivity contribution is 0.242. The van der Waals surface area contributed by atoms with E-state index in [2.05, 4.69) is 15.9 Å². The summed E-state index contributed by atoms with van der Waals surface area (Å²) in [5.41, 5.74) is 1.12. The fraction of sp³-hybridized carbons (Fsp3) is 0.333. The predicted molar refractivity (Wildman–Crippen MR) is 48.8 cm³/mol. The number of hydrogen-bond donors (Lipinski definition) is 1. The number of aliphatic hydroxyl groups excluding tert-OH is 1. The Morgan fingerprint density at radius 1 is 1.42 bits per heavy atom. The highest BCUT2D eigenvalue weighted by Crippen LogP contribution is 2.41. The number of rotatable bonds is 2. The maximum absolute atomic E-state index is 8.79. The van der Waals surface area contributed by atoms with Crippen LogP contribution in [0.3, 0.4) is 0 Å². The zero-order valence-electron chi connectivity index (χ0n) is 6.40. The van der Waals surface area contributed by atoms with Crippen LogP contribution in [-0.2, 0) is 4.74 Å². The third-order valence-corrected chi connectivity index (χ3v) is 2.70. The Morgan fingerprint density at radius 2 is 2.17 bits per heavy atom. The topological polar surface area (TPSA) is 32.8 Å². The number of ether oxygens (including phenoxy) is 1. The van der Waals surface area contributed by atoms with Crippen molar-refractivity contribution in [2.75, 3.05) is 6.61 Å². The van der Waals surface area contributed by atoms with Crippen molar-refractivity contribution in [3.8, 4) is 0 Å². The van der Waals surface area contributed by atoms with Gasteiger partial charge in [0.2, 0.25) is 0 Å². The van der Waals surface area contributed by atoms with Crippen molar-refractivity contribution in [3.63, 3.8) is 0 Å². The van der Waals surface area contributed by atoms with E-state index in [1.54, 1.807) is 0 Å². The molecule has 2 rings (SSSR count). The molecule has 2 atom stereocenters. The van der Waals surface area contributed by atoms with Gasteiger partial charge < -0.3 is 9.84 Å². The molecule has 3 heteroatoms. The minimum atomic E-state index is 0.00343. The van der Waals surface area contributed by atoms with E-state index in [1.165, 1.54) is 0 Å². The maximum Gasteiger partial charge on any atom is 0.113 e. The van der Waals surface area contributed by atoms with Crippen molar-refractivity contribution in [3.05, 3.63) is 34.3 Å². The lowest BCUT2D eigenvalue weighted by atomic mass is 10.1. The van der Waals surface area contributed by atoms with Gasteiger partial charge in [-0.3, -0.25) is 0 Å². The van der Waals surface area contributed by atoms with Crippen molar-refractivity contribution >= 4 is 15.9 Å². The van der Waals surface area contributed by atoms with Crippen molar-refractivity contribution in [2.24, 2.45) is 0 Å². The highest BCUT2D eigenvalue weighted by atomic mass is 79.9. The summed E-state index contributed by atoms with van der Waals surface area (Å²) in [5, 5.41) is 8.79. The van der Waals surface area contributed by atoms with E-state index < -0.39 is 0 Å². The second kappa shape index (κ2) is 3.17. The highest BCUT2D eigenvalue weighted by Gasteiger charge is 2.40. The molecule has 0 bridgehead atoms. The number of benzene rings is 1. The second-order valence-electron chi connectivity index (χ2n) is 2.80. The molecule has 1 aromatic rings. The quantitative estimate of drug-likeness (QED) is 0.785. The second-order valence-corrected chi connectivity index (χ2v) is 3.65. The maximum atomic E-state index is 8.79. The molecule has 1 aliphatic heterocycles. The average molecular weight is 229 g/mol. The third-order valence-electron chi connectivity index (χ3n) is 1.97. The number of aliphatic hydroxyl groups is 1. The summed E-state index contributed by atoms with van der Waals surface area (Å²) in [7, 11) is 0. The molecular weight excluding hydrogens is 220 g/mol. The standard InChI is InChI=1S/C9H9BrO2/c10-7-4-2-1-3-6(7)9-8(5-11)12-9/h1-4,8-9,11H,5H2/t8-,9-/m0/s1. The van der Waals surface area contributed by atoms with Gasteiger partial charge >= 0.3 is 0 Å². The fourth-order valence-corrected chi connectivity index (χ4v) is 1.77. The number of hydrogen-bond acceptors (Lipinski definition) is 2. The highest BCUT2D eigenvalue weighted by molar-refractivity contribution is 9.10. The molecule has 0 amide bonds. The molecule has 0 saturated carbocycles. The van der Waals surface area contributed by atoms with Crippen LogP contribution in [0.25, 0.3) is 0 Å². The molecule has 1 N–H and O–H groups in total. The zero-order chi connectivity index (χ0) is 8.55. The molecule has 1 aliphatic rings. The van der Waals surface area contributed by atoms with Gasteiger partial charge in [-0.25, -0.2) is 0 Å². The van der Waals surface area contributed by atoms with Crippen LogP contribution in [0, 0.1) is 0 Å². The third kappa shape index (κ3) is 1.40. The average Bonchev–Trinajstić information content (AvgIpc) is 2.84. The summed E-state index contributed by atoms with van der Waals surface area (Å²) < 4.78 is 6.30. The normalized spacial score (nSPS) is 27.2. The van der Waals surface area contributed by atoms with E-state index in [0.29, 0.717) is 0 Å². The van der Waals surface area contributed by atoms with Crippen molar-refractivity contribution < 1.29 is 9.84 Å². The van der Waals surface area contributed by atoms with E-state index in [-0.39, 0.29) is 18.8 Å². The van der Waals surface area contributed by atoms with Crippen molar-refractivity contribution in [2.45, 2.75) is 12.2 Å². The molecule has 0 aliphatic carbocycles. The van der Waals surface area contributed by atoms with Gasteiger partial charge in [0.25, 0.3) is 0 Å². The Bertz CT molecular complexity index is 288. The molecule has 0 aromatic heterocycles. The monoisotopic (exact) mass is 228 g/mol. The molecule has 64 valence electrons. The van der Waals surface area contributed by atoms with Crippen molar-refractivity contribution in [1.82, 2.24) is 0 Å². The lowest BCUT2D eigenvalue weighted by Crippen LogP contribution is -1.94. The van der Waals surface area contributed by atoms with Crippen LogP contribution in [0.4, 0.5) is 0 Å². The molecule has 2 nitrogen and oxygen atoms in total. The number of halogens is 1. The summed E-state index contributed by atoms with van der Waals surface area (Å²) in [4.78, 5) is 0. The van der Waals surface area contributed by atoms with Gasteiger partial charge in [-0.1, -0.05) is 34.1 Å². The van der Waals surface area contributed by atoms with Crippen LogP contribution in [0.2, 0.25) is 0 Å². The first-order chi connectivity index (χ1) is 5.83. The van der Waals surface area contributed by atoms with Gasteiger partial charge in [0.05, 0.1) is 6.61 Å². The zero-order valence-corrected chi connectivity index (χ0v) is 7.99. The summed E-state index contributed by atoms with van der Waals surface area (Å²) in [6.07, 6.45) is 0.0919. The Labute approximate surface area is 79.3 Å². The Hall–Kier alpha value is -0.380. The van der Waals surface area contributed by atoms with Gasteiger partial charge in [-0.2, -0.15) is 0 Å². The van der Waals surface area contributed by atoms with Crippen LogP contribution >= 0.6 is 15.9 Å². The molecule has 1 aromatic carbocycles. The van der Waals surface area contributed by atoms with Crippen LogP contribution in [0.5, 0.6) is 0 Å². The SMILES string of the molecule is OC[C@@H]1O[C@H]1c1ccccc1Br. The van der Waals surface area contributed by atoms with E-state index in [1.807, 2.05) is 24.3 Å². The van der Waals surface area contributed by atoms with Crippen LogP contribution in [0.1, 0.15) is 11.7 Å². The first-order valence-electron chi connectivity index (χ1n) is 3.83. The summed E-state index contributed by atoms with van der Waals surface area (Å²) >= 11 is 3.43. The van der Waals surface area contributed by atoms with Gasteiger partial charge in [0.1, 0.15) is 12.2 Å². The minimum absolute atomic E-state index is 0.00343. The van der Waals surface area contributed by atoms with Gasteiger partial charge in [-0.05, 0) is 11.6 Å². The Balaban J connectivity index is 2.19. The Kier molecular flexibility index (Phi) is 2.17. The van der Waals surface area contributed by atoms with Crippen LogP contribution in [-0.4, -0.2) is 17.8 Å². The van der Waals surface area contributed by atoms with E-state index in [9.17, 15) is 0 Å². The molecular formula is C9H9BrO2. The Morgan fingerprint density at radius 3 is 2.75 bits per heavy atom.